The lowest BCUT2D eigenvalue weighted by Gasteiger charge is -2.21. The molecular formula is C15H25N4O+. The van der Waals surface area contributed by atoms with Gasteiger partial charge in [-0.25, -0.2) is 4.79 Å². The molecule has 0 unspecified atom stereocenters. The summed E-state index contributed by atoms with van der Waals surface area (Å²) in [6.45, 7) is 4.02. The van der Waals surface area contributed by atoms with Crippen LogP contribution in [0.3, 0.4) is 0 Å². The molecule has 1 aromatic carbocycles. The molecule has 0 heterocycles. The summed E-state index contributed by atoms with van der Waals surface area (Å²) in [7, 11) is 9.38. The third-order valence-electron chi connectivity index (χ3n) is 3.15. The second-order valence-corrected chi connectivity index (χ2v) is 5.34. The second kappa shape index (κ2) is 6.41. The van der Waals surface area contributed by atoms with E-state index in [0.29, 0.717) is 0 Å². The summed E-state index contributed by atoms with van der Waals surface area (Å²) in [4.78, 5) is 15.9. The van der Waals surface area contributed by atoms with Crippen LogP contribution in [0, 0.1) is 13.8 Å². The molecule has 0 saturated heterocycles. The molecule has 1 rings (SSSR count). The molecule has 0 bridgehead atoms. The van der Waals surface area contributed by atoms with E-state index >= 15 is 0 Å². The number of hydrogen-bond acceptors (Lipinski definition) is 1. The van der Waals surface area contributed by atoms with Crippen molar-refractivity contribution < 1.29 is 9.37 Å². The predicted octanol–water partition coefficient (Wildman–Crippen LogP) is 1.64. The lowest BCUT2D eigenvalue weighted by Crippen LogP contribution is -2.49. The van der Waals surface area contributed by atoms with E-state index in [9.17, 15) is 4.79 Å². The molecule has 5 nitrogen and oxygen atoms in total. The average molecular weight is 277 g/mol. The summed E-state index contributed by atoms with van der Waals surface area (Å²) in [5.74, 6) is 0.744. The SMILES string of the molecule is Cc1cccc(C)c1N(C)C(=O)NC(N(C)C)=[N+](C)C. The molecule has 0 aliphatic rings. The van der Waals surface area contributed by atoms with E-state index in [1.54, 1.807) is 11.9 Å². The summed E-state index contributed by atoms with van der Waals surface area (Å²) in [5.41, 5.74) is 3.11. The number of aryl methyl sites for hydroxylation is 2. The van der Waals surface area contributed by atoms with Gasteiger partial charge in [-0.1, -0.05) is 18.2 Å². The number of carbonyl (C=O) groups is 1. The fraction of sp³-hybridized carbons (Fsp3) is 0.467. The monoisotopic (exact) mass is 277 g/mol. The Hall–Kier alpha value is -2.04. The van der Waals surface area contributed by atoms with Gasteiger partial charge >= 0.3 is 12.0 Å². The fourth-order valence-electron chi connectivity index (χ4n) is 2.24. The Kier molecular flexibility index (Phi) is 5.13. The van der Waals surface area contributed by atoms with Crippen molar-refractivity contribution in [1.82, 2.24) is 10.2 Å². The number of anilines is 1. The van der Waals surface area contributed by atoms with Crippen LogP contribution in [0.25, 0.3) is 0 Å². The van der Waals surface area contributed by atoms with Gasteiger partial charge in [0.25, 0.3) is 0 Å². The quantitative estimate of drug-likeness (QED) is 0.481. The van der Waals surface area contributed by atoms with Gasteiger partial charge in [0.2, 0.25) is 0 Å². The van der Waals surface area contributed by atoms with E-state index in [4.69, 9.17) is 0 Å². The van der Waals surface area contributed by atoms with E-state index in [0.717, 1.165) is 22.8 Å². The Bertz CT molecular complexity index is 510. The molecule has 2 amide bonds. The Morgan fingerprint density at radius 1 is 1.10 bits per heavy atom. The first kappa shape index (κ1) is 16.0. The third kappa shape index (κ3) is 3.50. The summed E-state index contributed by atoms with van der Waals surface area (Å²) >= 11 is 0. The highest BCUT2D eigenvalue weighted by Gasteiger charge is 2.22. The zero-order valence-electron chi connectivity index (χ0n) is 13.5. The molecule has 0 radical (unpaired) electrons. The number of carbonyl (C=O) groups excluding carboxylic acids is 1. The Morgan fingerprint density at radius 2 is 1.60 bits per heavy atom. The van der Waals surface area contributed by atoms with Crippen LogP contribution >= 0.6 is 0 Å². The summed E-state index contributed by atoms with van der Waals surface area (Å²) in [6.07, 6.45) is 0. The first-order valence-electron chi connectivity index (χ1n) is 6.58. The van der Waals surface area contributed by atoms with E-state index in [-0.39, 0.29) is 6.03 Å². The largest absolute Gasteiger partial charge is 0.386 e. The van der Waals surface area contributed by atoms with Crippen molar-refractivity contribution in [3.63, 3.8) is 0 Å². The molecule has 5 heteroatoms. The number of nitrogens with zero attached hydrogens (tertiary/aromatic N) is 3. The van der Waals surface area contributed by atoms with Crippen molar-refractivity contribution in [1.29, 1.82) is 0 Å². The minimum atomic E-state index is -0.153. The van der Waals surface area contributed by atoms with Gasteiger partial charge in [-0.05, 0) is 25.0 Å². The van der Waals surface area contributed by atoms with Crippen molar-refractivity contribution in [3.05, 3.63) is 29.3 Å². The van der Waals surface area contributed by atoms with Crippen LogP contribution in [0.5, 0.6) is 0 Å². The highest BCUT2D eigenvalue weighted by Crippen LogP contribution is 2.23. The molecule has 0 aromatic heterocycles. The number of benzene rings is 1. The van der Waals surface area contributed by atoms with E-state index in [2.05, 4.69) is 5.32 Å². The molecule has 20 heavy (non-hydrogen) atoms. The van der Waals surface area contributed by atoms with E-state index < -0.39 is 0 Å². The first-order chi connectivity index (χ1) is 9.25. The topological polar surface area (TPSA) is 38.6 Å². The zero-order valence-corrected chi connectivity index (χ0v) is 13.5. The Morgan fingerprint density at radius 3 is 2.00 bits per heavy atom. The van der Waals surface area contributed by atoms with Gasteiger partial charge in [-0.3, -0.25) is 14.4 Å². The summed E-state index contributed by atoms with van der Waals surface area (Å²) in [6, 6.07) is 5.86. The molecule has 0 atom stereocenters. The first-order valence-corrected chi connectivity index (χ1v) is 6.58. The summed E-state index contributed by atoms with van der Waals surface area (Å²) in [5, 5.41) is 2.92. The van der Waals surface area contributed by atoms with Crippen LogP contribution < -0.4 is 10.2 Å². The van der Waals surface area contributed by atoms with Crippen molar-refractivity contribution >= 4 is 17.7 Å². The van der Waals surface area contributed by atoms with Gasteiger partial charge in [-0.15, -0.1) is 0 Å². The molecule has 1 N–H and O–H groups in total. The number of amides is 2. The van der Waals surface area contributed by atoms with Crippen molar-refractivity contribution in [2.75, 3.05) is 40.1 Å². The highest BCUT2D eigenvalue weighted by molar-refractivity contribution is 6.02. The molecule has 1 aromatic rings. The lowest BCUT2D eigenvalue weighted by atomic mass is 10.1. The van der Waals surface area contributed by atoms with Gasteiger partial charge in [0.1, 0.15) is 0 Å². The van der Waals surface area contributed by atoms with E-state index in [1.165, 1.54) is 0 Å². The number of urea groups is 1. The number of para-hydroxylation sites is 1. The summed E-state index contributed by atoms with van der Waals surface area (Å²) < 4.78 is 1.87. The molecular weight excluding hydrogens is 252 g/mol. The highest BCUT2D eigenvalue weighted by atomic mass is 16.2. The van der Waals surface area contributed by atoms with Gasteiger partial charge in [0.05, 0.1) is 33.9 Å². The van der Waals surface area contributed by atoms with Crippen LogP contribution in [0.15, 0.2) is 18.2 Å². The zero-order chi connectivity index (χ0) is 15.4. The Balaban J connectivity index is 3.01. The van der Waals surface area contributed by atoms with Crippen LogP contribution in [-0.2, 0) is 0 Å². The minimum Gasteiger partial charge on any atom is -0.284 e. The molecule has 0 fully saturated rings. The third-order valence-corrected chi connectivity index (χ3v) is 3.15. The second-order valence-electron chi connectivity index (χ2n) is 5.34. The Labute approximate surface area is 121 Å². The van der Waals surface area contributed by atoms with Crippen LogP contribution in [0.1, 0.15) is 11.1 Å². The van der Waals surface area contributed by atoms with Crippen molar-refractivity contribution in [2.45, 2.75) is 13.8 Å². The van der Waals surface area contributed by atoms with Gasteiger partial charge in [0.15, 0.2) is 0 Å². The maximum atomic E-state index is 12.4. The minimum absolute atomic E-state index is 0.153. The smallest absolute Gasteiger partial charge is 0.284 e. The van der Waals surface area contributed by atoms with E-state index in [1.807, 2.05) is 69.7 Å². The molecule has 0 aliphatic heterocycles. The molecule has 0 saturated carbocycles. The number of rotatable bonds is 1. The van der Waals surface area contributed by atoms with Gasteiger partial charge in [-0.2, -0.15) is 5.32 Å². The van der Waals surface area contributed by atoms with Gasteiger partial charge < -0.3 is 0 Å². The lowest BCUT2D eigenvalue weighted by molar-refractivity contribution is -0.471. The van der Waals surface area contributed by atoms with Crippen molar-refractivity contribution in [3.8, 4) is 0 Å². The maximum absolute atomic E-state index is 12.4. The van der Waals surface area contributed by atoms with Gasteiger partial charge in [0, 0.05) is 7.05 Å². The number of guanidine groups is 1. The van der Waals surface area contributed by atoms with Crippen LogP contribution in [0.4, 0.5) is 10.5 Å². The fourth-order valence-corrected chi connectivity index (χ4v) is 2.24. The van der Waals surface area contributed by atoms with Crippen LogP contribution in [0.2, 0.25) is 0 Å². The standard InChI is InChI=1S/C15H24N4O/c1-11-9-8-10-12(2)13(11)19(7)15(20)16-14(17(3)4)18(5)6/h8-10H,1-7H3/p+1. The maximum Gasteiger partial charge on any atom is 0.386 e. The predicted molar refractivity (Wildman–Crippen MR) is 83.7 cm³/mol. The molecule has 0 spiro atoms. The average Bonchev–Trinajstić information content (AvgIpc) is 2.34. The normalized spacial score (nSPS) is 9.95. The number of nitrogens with one attached hydrogen (secondary N) is 1. The van der Waals surface area contributed by atoms with Crippen LogP contribution in [-0.4, -0.2) is 56.7 Å². The van der Waals surface area contributed by atoms with Crippen molar-refractivity contribution in [2.24, 2.45) is 0 Å². The molecule has 110 valence electrons. The molecule has 0 aliphatic carbocycles. The number of hydrogen-bond donors (Lipinski definition) is 1.